The van der Waals surface area contributed by atoms with Gasteiger partial charge in [0.1, 0.15) is 0 Å². The molecule has 0 radical (unpaired) electrons. The number of esters is 1. The van der Waals surface area contributed by atoms with Crippen molar-refractivity contribution in [2.24, 2.45) is 5.92 Å². The van der Waals surface area contributed by atoms with Gasteiger partial charge in [-0.2, -0.15) is 11.8 Å². The number of carboxylic acids is 1. The zero-order valence-electron chi connectivity index (χ0n) is 10.6. The highest BCUT2D eigenvalue weighted by molar-refractivity contribution is 7.99. The van der Waals surface area contributed by atoms with Crippen molar-refractivity contribution in [1.82, 2.24) is 5.32 Å². The van der Waals surface area contributed by atoms with Crippen molar-refractivity contribution in [2.75, 3.05) is 25.2 Å². The van der Waals surface area contributed by atoms with Crippen molar-refractivity contribution < 1.29 is 24.2 Å². The smallest absolute Gasteiger partial charge is 0.307 e. The van der Waals surface area contributed by atoms with Crippen LogP contribution in [0.2, 0.25) is 0 Å². The SMILES string of the molecule is COC(=O)CCCNC(=O)CSCC(C)C(=O)O. The number of ether oxygens (including phenoxy) is 1. The second-order valence-corrected chi connectivity index (χ2v) is 4.81. The third-order valence-electron chi connectivity index (χ3n) is 2.13. The van der Waals surface area contributed by atoms with Gasteiger partial charge in [0, 0.05) is 18.7 Å². The molecule has 0 aromatic rings. The maximum Gasteiger partial charge on any atom is 0.307 e. The monoisotopic (exact) mass is 277 g/mol. The van der Waals surface area contributed by atoms with Crippen LogP contribution in [0.25, 0.3) is 0 Å². The summed E-state index contributed by atoms with van der Waals surface area (Å²) in [6.07, 6.45) is 0.814. The van der Waals surface area contributed by atoms with Crippen molar-refractivity contribution in [2.45, 2.75) is 19.8 Å². The van der Waals surface area contributed by atoms with Crippen LogP contribution in [-0.4, -0.2) is 48.1 Å². The van der Waals surface area contributed by atoms with Crippen LogP contribution in [0, 0.1) is 5.92 Å². The van der Waals surface area contributed by atoms with E-state index in [1.807, 2.05) is 0 Å². The summed E-state index contributed by atoms with van der Waals surface area (Å²) in [6.45, 7) is 2.02. The lowest BCUT2D eigenvalue weighted by molar-refractivity contribution is -0.141. The Morgan fingerprint density at radius 1 is 1.39 bits per heavy atom. The van der Waals surface area contributed by atoms with Crippen LogP contribution in [0.3, 0.4) is 0 Å². The fraction of sp³-hybridized carbons (Fsp3) is 0.727. The Bertz CT molecular complexity index is 295. The maximum atomic E-state index is 11.3. The summed E-state index contributed by atoms with van der Waals surface area (Å²) in [7, 11) is 1.32. The molecule has 0 bridgehead atoms. The molecule has 0 aliphatic carbocycles. The largest absolute Gasteiger partial charge is 0.481 e. The van der Waals surface area contributed by atoms with E-state index in [4.69, 9.17) is 5.11 Å². The average Bonchev–Trinajstić information content (AvgIpc) is 2.33. The second kappa shape index (κ2) is 9.76. The standard InChI is InChI=1S/C11H19NO5S/c1-8(11(15)16)6-18-7-9(13)12-5-3-4-10(14)17-2/h8H,3-7H2,1-2H3,(H,12,13)(H,15,16). The molecule has 0 saturated carbocycles. The van der Waals surface area contributed by atoms with Crippen molar-refractivity contribution >= 4 is 29.6 Å². The van der Waals surface area contributed by atoms with Gasteiger partial charge in [0.25, 0.3) is 0 Å². The fourth-order valence-electron chi connectivity index (χ4n) is 1.01. The minimum atomic E-state index is -0.860. The molecule has 0 heterocycles. The number of aliphatic carboxylic acids is 1. The van der Waals surface area contributed by atoms with E-state index in [1.54, 1.807) is 6.92 Å². The predicted octanol–water partition coefficient (Wildman–Crippen LogP) is 0.510. The van der Waals surface area contributed by atoms with Crippen molar-refractivity contribution in [1.29, 1.82) is 0 Å². The quantitative estimate of drug-likeness (QED) is 0.471. The highest BCUT2D eigenvalue weighted by atomic mass is 32.2. The third-order valence-corrected chi connectivity index (χ3v) is 3.33. The molecule has 0 aromatic carbocycles. The number of nitrogens with one attached hydrogen (secondary N) is 1. The lowest BCUT2D eigenvalue weighted by Gasteiger charge is -2.06. The third kappa shape index (κ3) is 8.86. The number of methoxy groups -OCH3 is 1. The Morgan fingerprint density at radius 2 is 2.06 bits per heavy atom. The predicted molar refractivity (Wildman–Crippen MR) is 68.4 cm³/mol. The Kier molecular flexibility index (Phi) is 9.08. The van der Waals surface area contributed by atoms with E-state index in [0.29, 0.717) is 18.7 Å². The lowest BCUT2D eigenvalue weighted by atomic mass is 10.2. The van der Waals surface area contributed by atoms with Gasteiger partial charge in [-0.25, -0.2) is 0 Å². The summed E-state index contributed by atoms with van der Waals surface area (Å²) in [5, 5.41) is 11.3. The topological polar surface area (TPSA) is 92.7 Å². The first-order valence-electron chi connectivity index (χ1n) is 5.61. The molecule has 0 rings (SSSR count). The second-order valence-electron chi connectivity index (χ2n) is 3.78. The van der Waals surface area contributed by atoms with Gasteiger partial charge < -0.3 is 15.2 Å². The molecular weight excluding hydrogens is 258 g/mol. The number of thioether (sulfide) groups is 1. The van der Waals surface area contributed by atoms with Crippen LogP contribution in [0.15, 0.2) is 0 Å². The molecule has 104 valence electrons. The van der Waals surface area contributed by atoms with E-state index in [9.17, 15) is 14.4 Å². The first-order chi connectivity index (χ1) is 8.47. The molecule has 1 amide bonds. The molecule has 7 heteroatoms. The zero-order valence-corrected chi connectivity index (χ0v) is 11.4. The van der Waals surface area contributed by atoms with Gasteiger partial charge in [-0.1, -0.05) is 6.92 Å². The average molecular weight is 277 g/mol. The van der Waals surface area contributed by atoms with Crippen molar-refractivity contribution in [3.05, 3.63) is 0 Å². The maximum absolute atomic E-state index is 11.3. The normalized spacial score (nSPS) is 11.7. The van der Waals surface area contributed by atoms with Gasteiger partial charge in [0.2, 0.25) is 5.91 Å². The molecule has 2 N–H and O–H groups in total. The summed E-state index contributed by atoms with van der Waals surface area (Å²) in [5.74, 6) is -1.12. The molecule has 18 heavy (non-hydrogen) atoms. The van der Waals surface area contributed by atoms with Crippen LogP contribution in [0.1, 0.15) is 19.8 Å². The van der Waals surface area contributed by atoms with Crippen LogP contribution in [0.5, 0.6) is 0 Å². The summed E-state index contributed by atoms with van der Waals surface area (Å²) in [5.41, 5.74) is 0. The number of hydrogen-bond acceptors (Lipinski definition) is 5. The van der Waals surface area contributed by atoms with E-state index < -0.39 is 11.9 Å². The van der Waals surface area contributed by atoms with E-state index >= 15 is 0 Å². The molecule has 0 aliphatic rings. The van der Waals surface area contributed by atoms with E-state index in [-0.39, 0.29) is 24.1 Å². The number of rotatable bonds is 9. The molecule has 0 aliphatic heterocycles. The first kappa shape index (κ1) is 16.8. The van der Waals surface area contributed by atoms with E-state index in [1.165, 1.54) is 18.9 Å². The molecule has 0 aromatic heterocycles. The molecule has 1 unspecified atom stereocenters. The lowest BCUT2D eigenvalue weighted by Crippen LogP contribution is -2.27. The van der Waals surface area contributed by atoms with Crippen LogP contribution >= 0.6 is 11.8 Å². The van der Waals surface area contributed by atoms with Crippen LogP contribution < -0.4 is 5.32 Å². The molecule has 0 saturated heterocycles. The van der Waals surface area contributed by atoms with Gasteiger partial charge in [-0.05, 0) is 6.42 Å². The summed E-state index contributed by atoms with van der Waals surface area (Å²) >= 11 is 1.28. The Hall–Kier alpha value is -1.24. The van der Waals surface area contributed by atoms with E-state index in [2.05, 4.69) is 10.1 Å². The highest BCUT2D eigenvalue weighted by Gasteiger charge is 2.11. The van der Waals surface area contributed by atoms with Gasteiger partial charge >= 0.3 is 11.9 Å². The molecule has 6 nitrogen and oxygen atoms in total. The number of amides is 1. The summed E-state index contributed by atoms with van der Waals surface area (Å²) in [4.78, 5) is 32.6. The highest BCUT2D eigenvalue weighted by Crippen LogP contribution is 2.07. The minimum Gasteiger partial charge on any atom is -0.481 e. The van der Waals surface area contributed by atoms with Crippen molar-refractivity contribution in [3.63, 3.8) is 0 Å². The van der Waals surface area contributed by atoms with Gasteiger partial charge in [0.15, 0.2) is 0 Å². The first-order valence-corrected chi connectivity index (χ1v) is 6.77. The fourth-order valence-corrected chi connectivity index (χ4v) is 1.91. The molecule has 0 fully saturated rings. The van der Waals surface area contributed by atoms with Gasteiger partial charge in [0.05, 0.1) is 18.8 Å². The molecular formula is C11H19NO5S. The molecule has 0 spiro atoms. The minimum absolute atomic E-state index is 0.151. The van der Waals surface area contributed by atoms with Gasteiger partial charge in [-0.15, -0.1) is 0 Å². The Labute approximate surface area is 110 Å². The van der Waals surface area contributed by atoms with Crippen LogP contribution in [-0.2, 0) is 19.1 Å². The number of carbonyl (C=O) groups is 3. The number of carboxylic acid groups (broad SMARTS) is 1. The number of carbonyl (C=O) groups excluding carboxylic acids is 2. The van der Waals surface area contributed by atoms with Crippen molar-refractivity contribution in [3.8, 4) is 0 Å². The molecule has 1 atom stereocenters. The Morgan fingerprint density at radius 3 is 2.61 bits per heavy atom. The zero-order chi connectivity index (χ0) is 14.0. The number of hydrogen-bond donors (Lipinski definition) is 2. The summed E-state index contributed by atoms with van der Waals surface area (Å²) in [6, 6.07) is 0. The van der Waals surface area contributed by atoms with Gasteiger partial charge in [-0.3, -0.25) is 14.4 Å². The summed E-state index contributed by atoms with van der Waals surface area (Å²) < 4.78 is 4.46. The van der Waals surface area contributed by atoms with E-state index in [0.717, 1.165) is 0 Å². The Balaban J connectivity index is 3.49. The van der Waals surface area contributed by atoms with Crippen LogP contribution in [0.4, 0.5) is 0 Å².